The van der Waals surface area contributed by atoms with Crippen molar-refractivity contribution in [1.82, 2.24) is 5.32 Å². The van der Waals surface area contributed by atoms with Gasteiger partial charge < -0.3 is 19.2 Å². The van der Waals surface area contributed by atoms with Crippen molar-refractivity contribution in [2.45, 2.75) is 25.4 Å². The van der Waals surface area contributed by atoms with Gasteiger partial charge in [-0.15, -0.1) is 0 Å². The molecule has 0 radical (unpaired) electrons. The van der Waals surface area contributed by atoms with E-state index in [9.17, 15) is 0 Å². The van der Waals surface area contributed by atoms with Crippen LogP contribution in [0.1, 0.15) is 18.6 Å². The monoisotopic (exact) mass is 273 g/mol. The fourth-order valence-electron chi connectivity index (χ4n) is 2.26. The van der Waals surface area contributed by atoms with Gasteiger partial charge in [-0.1, -0.05) is 0 Å². The summed E-state index contributed by atoms with van der Waals surface area (Å²) in [7, 11) is 3.32. The fraction of sp³-hybridized carbons (Fsp3) is 0.375. The van der Waals surface area contributed by atoms with Crippen LogP contribution in [0.3, 0.4) is 0 Å². The van der Waals surface area contributed by atoms with E-state index in [2.05, 4.69) is 5.32 Å². The molecule has 1 aromatic carbocycles. The molecule has 1 aliphatic rings. The molecule has 1 heterocycles. The minimum absolute atomic E-state index is 0.658. The van der Waals surface area contributed by atoms with E-state index in [4.69, 9.17) is 13.9 Å². The molecule has 3 rings (SSSR count). The fourth-order valence-corrected chi connectivity index (χ4v) is 2.26. The molecule has 106 valence electrons. The Hall–Kier alpha value is -1.94. The number of hydrogen-bond donors (Lipinski definition) is 1. The van der Waals surface area contributed by atoms with Crippen molar-refractivity contribution in [3.63, 3.8) is 0 Å². The lowest BCUT2D eigenvalue weighted by atomic mass is 10.0. The smallest absolute Gasteiger partial charge is 0.130 e. The first kappa shape index (κ1) is 13.1. The van der Waals surface area contributed by atoms with Crippen LogP contribution in [0.2, 0.25) is 0 Å². The maximum Gasteiger partial charge on any atom is 0.130 e. The topological polar surface area (TPSA) is 43.6 Å². The van der Waals surface area contributed by atoms with Gasteiger partial charge in [0.2, 0.25) is 0 Å². The van der Waals surface area contributed by atoms with E-state index in [1.54, 1.807) is 20.5 Å². The molecule has 20 heavy (non-hydrogen) atoms. The molecule has 0 unspecified atom stereocenters. The van der Waals surface area contributed by atoms with Gasteiger partial charge in [-0.05, 0) is 31.0 Å². The average molecular weight is 273 g/mol. The molecule has 0 saturated heterocycles. The molecule has 0 aliphatic heterocycles. The van der Waals surface area contributed by atoms with Crippen LogP contribution < -0.4 is 14.8 Å². The number of ether oxygens (including phenoxy) is 2. The Balaban J connectivity index is 1.89. The molecular formula is C16H19NO3. The van der Waals surface area contributed by atoms with Crippen LogP contribution in [0.15, 0.2) is 34.9 Å². The molecule has 0 amide bonds. The molecule has 1 aromatic heterocycles. The molecule has 1 saturated carbocycles. The highest BCUT2D eigenvalue weighted by molar-refractivity contribution is 5.73. The van der Waals surface area contributed by atoms with E-state index in [1.165, 1.54) is 12.8 Å². The summed E-state index contributed by atoms with van der Waals surface area (Å²) in [5.41, 5.74) is 2.09. The van der Waals surface area contributed by atoms with Gasteiger partial charge >= 0.3 is 0 Å². The van der Waals surface area contributed by atoms with Crippen molar-refractivity contribution >= 4 is 0 Å². The summed E-state index contributed by atoms with van der Waals surface area (Å²) in [6.45, 7) is 0.752. The maximum absolute atomic E-state index is 5.60. The predicted octanol–water partition coefficient (Wildman–Crippen LogP) is 3.22. The van der Waals surface area contributed by atoms with Gasteiger partial charge in [0.1, 0.15) is 17.3 Å². The van der Waals surface area contributed by atoms with Crippen LogP contribution in [-0.4, -0.2) is 20.3 Å². The van der Waals surface area contributed by atoms with Crippen molar-refractivity contribution in [1.29, 1.82) is 0 Å². The Morgan fingerprint density at radius 3 is 2.70 bits per heavy atom. The SMILES string of the molecule is COc1ccc(-c2ccoc2CNC2CC2)c(OC)c1. The van der Waals surface area contributed by atoms with Crippen molar-refractivity contribution in [3.05, 3.63) is 36.3 Å². The van der Waals surface area contributed by atoms with Gasteiger partial charge in [0.25, 0.3) is 0 Å². The van der Waals surface area contributed by atoms with Gasteiger partial charge in [0.15, 0.2) is 0 Å². The third-order valence-corrected chi connectivity index (χ3v) is 3.57. The summed E-state index contributed by atoms with van der Waals surface area (Å²) >= 11 is 0. The second-order valence-corrected chi connectivity index (χ2v) is 4.98. The van der Waals surface area contributed by atoms with Gasteiger partial charge in [-0.3, -0.25) is 0 Å². The standard InChI is InChI=1S/C16H19NO3/c1-18-12-5-6-13(15(9-12)19-2)14-7-8-20-16(14)10-17-11-3-4-11/h5-9,11,17H,3-4,10H2,1-2H3. The minimum atomic E-state index is 0.658. The van der Waals surface area contributed by atoms with Crippen LogP contribution in [0, 0.1) is 0 Å². The number of rotatable bonds is 6. The second kappa shape index (κ2) is 5.59. The summed E-state index contributed by atoms with van der Waals surface area (Å²) in [4.78, 5) is 0. The van der Waals surface area contributed by atoms with E-state index >= 15 is 0 Å². The van der Waals surface area contributed by atoms with E-state index in [1.807, 2.05) is 24.3 Å². The zero-order valence-electron chi connectivity index (χ0n) is 11.8. The molecule has 0 bridgehead atoms. The van der Waals surface area contributed by atoms with Gasteiger partial charge in [-0.25, -0.2) is 0 Å². The lowest BCUT2D eigenvalue weighted by Gasteiger charge is -2.11. The van der Waals surface area contributed by atoms with Gasteiger partial charge in [0.05, 0.1) is 27.0 Å². The molecule has 4 nitrogen and oxygen atoms in total. The summed E-state index contributed by atoms with van der Waals surface area (Å²) in [5.74, 6) is 2.52. The Labute approximate surface area is 118 Å². The predicted molar refractivity (Wildman–Crippen MR) is 77.1 cm³/mol. The second-order valence-electron chi connectivity index (χ2n) is 4.98. The first-order valence-electron chi connectivity index (χ1n) is 6.84. The average Bonchev–Trinajstić information content (AvgIpc) is 3.21. The third kappa shape index (κ3) is 2.65. The molecule has 1 N–H and O–H groups in total. The summed E-state index contributed by atoms with van der Waals surface area (Å²) < 4.78 is 16.3. The lowest BCUT2D eigenvalue weighted by molar-refractivity contribution is 0.395. The highest BCUT2D eigenvalue weighted by Gasteiger charge is 2.22. The van der Waals surface area contributed by atoms with Crippen LogP contribution in [0.25, 0.3) is 11.1 Å². The van der Waals surface area contributed by atoms with E-state index in [-0.39, 0.29) is 0 Å². The van der Waals surface area contributed by atoms with Crippen molar-refractivity contribution in [2.24, 2.45) is 0 Å². The maximum atomic E-state index is 5.60. The lowest BCUT2D eigenvalue weighted by Crippen LogP contribution is -2.15. The van der Waals surface area contributed by atoms with Crippen molar-refractivity contribution in [3.8, 4) is 22.6 Å². The van der Waals surface area contributed by atoms with Crippen molar-refractivity contribution in [2.75, 3.05) is 14.2 Å². The van der Waals surface area contributed by atoms with Crippen LogP contribution in [0.4, 0.5) is 0 Å². The third-order valence-electron chi connectivity index (χ3n) is 3.57. The highest BCUT2D eigenvalue weighted by atomic mass is 16.5. The summed E-state index contributed by atoms with van der Waals surface area (Å²) in [6, 6.07) is 8.46. The first-order valence-corrected chi connectivity index (χ1v) is 6.84. The largest absolute Gasteiger partial charge is 0.497 e. The Kier molecular flexibility index (Phi) is 3.65. The van der Waals surface area contributed by atoms with Crippen LogP contribution in [-0.2, 0) is 6.54 Å². The molecule has 0 spiro atoms. The minimum Gasteiger partial charge on any atom is -0.497 e. The summed E-state index contributed by atoms with van der Waals surface area (Å²) in [5, 5.41) is 3.47. The number of methoxy groups -OCH3 is 2. The number of hydrogen-bond acceptors (Lipinski definition) is 4. The number of nitrogens with one attached hydrogen (secondary N) is 1. The highest BCUT2D eigenvalue weighted by Crippen LogP contribution is 2.36. The summed E-state index contributed by atoms with van der Waals surface area (Å²) in [6.07, 6.45) is 4.26. The number of benzene rings is 1. The normalized spacial score (nSPS) is 14.3. The molecule has 1 aliphatic carbocycles. The van der Waals surface area contributed by atoms with Crippen molar-refractivity contribution < 1.29 is 13.9 Å². The zero-order chi connectivity index (χ0) is 13.9. The molecule has 2 aromatic rings. The number of furan rings is 1. The van der Waals surface area contributed by atoms with E-state index in [0.29, 0.717) is 6.04 Å². The molecular weight excluding hydrogens is 254 g/mol. The Morgan fingerprint density at radius 1 is 1.15 bits per heavy atom. The van der Waals surface area contributed by atoms with Gasteiger partial charge in [-0.2, -0.15) is 0 Å². The van der Waals surface area contributed by atoms with Crippen LogP contribution in [0.5, 0.6) is 11.5 Å². The van der Waals surface area contributed by atoms with Gasteiger partial charge in [0, 0.05) is 23.2 Å². The first-order chi connectivity index (χ1) is 9.81. The Morgan fingerprint density at radius 2 is 2.00 bits per heavy atom. The van der Waals surface area contributed by atoms with Crippen LogP contribution >= 0.6 is 0 Å². The van der Waals surface area contributed by atoms with E-state index < -0.39 is 0 Å². The Bertz CT molecular complexity index is 587. The molecule has 1 fully saturated rings. The molecule has 0 atom stereocenters. The molecule has 4 heteroatoms. The quantitative estimate of drug-likeness (QED) is 0.877. The zero-order valence-corrected chi connectivity index (χ0v) is 11.8. The van der Waals surface area contributed by atoms with E-state index in [0.717, 1.165) is 34.9 Å².